The molecule has 0 aliphatic carbocycles. The van der Waals surface area contributed by atoms with E-state index in [1.165, 1.54) is 0 Å². The van der Waals surface area contributed by atoms with Gasteiger partial charge in [0.25, 0.3) is 0 Å². The van der Waals surface area contributed by atoms with Crippen molar-refractivity contribution in [3.8, 4) is 0 Å². The Balaban J connectivity index is 2.61. The second-order valence-electron chi connectivity index (χ2n) is 6.24. The maximum absolute atomic E-state index is 12.5. The summed E-state index contributed by atoms with van der Waals surface area (Å²) in [6.45, 7) is 9.27. The summed E-state index contributed by atoms with van der Waals surface area (Å²) in [7, 11) is 0. The Labute approximate surface area is 138 Å². The number of likely N-dealkylation sites (tertiary alicyclic amines) is 1. The number of nitrogens with zero attached hydrogens (tertiary/aromatic N) is 2. The number of carbonyl (C=O) groups excluding carboxylic acids is 3. The summed E-state index contributed by atoms with van der Waals surface area (Å²) < 4.78 is 0. The Morgan fingerprint density at radius 2 is 1.87 bits per heavy atom. The van der Waals surface area contributed by atoms with Crippen molar-refractivity contribution in [2.75, 3.05) is 26.2 Å². The number of hydrogen-bond acceptors (Lipinski definition) is 4. The van der Waals surface area contributed by atoms with Crippen LogP contribution in [0.2, 0.25) is 0 Å². The van der Waals surface area contributed by atoms with Crippen molar-refractivity contribution in [2.45, 2.75) is 52.6 Å². The second kappa shape index (κ2) is 8.86. The third kappa shape index (κ3) is 4.92. The largest absolute Gasteiger partial charge is 0.346 e. The van der Waals surface area contributed by atoms with Crippen molar-refractivity contribution in [1.29, 1.82) is 0 Å². The monoisotopic (exact) mass is 326 g/mol. The minimum absolute atomic E-state index is 0.00822. The molecule has 2 atom stereocenters. The number of nitrogens with one attached hydrogen (secondary N) is 1. The first-order valence-corrected chi connectivity index (χ1v) is 8.44. The number of hydrogen-bond donors (Lipinski definition) is 2. The summed E-state index contributed by atoms with van der Waals surface area (Å²) in [5.41, 5.74) is 5.75. The summed E-state index contributed by atoms with van der Waals surface area (Å²) in [4.78, 5) is 40.0. The highest BCUT2D eigenvalue weighted by Gasteiger charge is 2.35. The number of nitrogens with two attached hydrogens (primary N) is 1. The lowest BCUT2D eigenvalue weighted by Gasteiger charge is -2.29. The summed E-state index contributed by atoms with van der Waals surface area (Å²) in [6, 6.07) is -1.03. The maximum atomic E-state index is 12.5. The molecule has 23 heavy (non-hydrogen) atoms. The van der Waals surface area contributed by atoms with Gasteiger partial charge < -0.3 is 20.9 Å². The van der Waals surface area contributed by atoms with Gasteiger partial charge in [-0.2, -0.15) is 0 Å². The average Bonchev–Trinajstić information content (AvgIpc) is 3.01. The maximum Gasteiger partial charge on any atom is 0.245 e. The van der Waals surface area contributed by atoms with Crippen molar-refractivity contribution >= 4 is 17.7 Å². The topological polar surface area (TPSA) is 95.7 Å². The third-order valence-electron chi connectivity index (χ3n) is 4.37. The van der Waals surface area contributed by atoms with Crippen LogP contribution in [0.4, 0.5) is 0 Å². The van der Waals surface area contributed by atoms with E-state index in [0.29, 0.717) is 26.1 Å². The molecule has 7 nitrogen and oxygen atoms in total. The van der Waals surface area contributed by atoms with E-state index in [4.69, 9.17) is 5.73 Å². The number of rotatable bonds is 7. The summed E-state index contributed by atoms with van der Waals surface area (Å²) >= 11 is 0. The SMILES string of the molecule is CCN(CC)C(=O)C1CCCN1C(=O)CNC(=O)[C@@H](N)C(C)C. The van der Waals surface area contributed by atoms with Crippen LogP contribution < -0.4 is 11.1 Å². The highest BCUT2D eigenvalue weighted by atomic mass is 16.2. The first kappa shape index (κ1) is 19.4. The first-order chi connectivity index (χ1) is 10.8. The molecule has 0 spiro atoms. The van der Waals surface area contributed by atoms with E-state index in [-0.39, 0.29) is 30.2 Å². The van der Waals surface area contributed by atoms with Gasteiger partial charge in [-0.25, -0.2) is 0 Å². The van der Waals surface area contributed by atoms with Crippen LogP contribution in [0.1, 0.15) is 40.5 Å². The van der Waals surface area contributed by atoms with Crippen molar-refractivity contribution in [3.05, 3.63) is 0 Å². The number of carbonyl (C=O) groups is 3. The molecule has 3 amide bonds. The highest BCUT2D eigenvalue weighted by Crippen LogP contribution is 2.19. The molecule has 1 saturated heterocycles. The fourth-order valence-corrected chi connectivity index (χ4v) is 2.75. The minimum atomic E-state index is -0.630. The van der Waals surface area contributed by atoms with Crippen LogP contribution >= 0.6 is 0 Å². The molecule has 132 valence electrons. The van der Waals surface area contributed by atoms with Gasteiger partial charge in [0, 0.05) is 19.6 Å². The van der Waals surface area contributed by atoms with Crippen molar-refractivity contribution in [3.63, 3.8) is 0 Å². The van der Waals surface area contributed by atoms with Gasteiger partial charge in [0.2, 0.25) is 17.7 Å². The Morgan fingerprint density at radius 1 is 1.26 bits per heavy atom. The van der Waals surface area contributed by atoms with Crippen molar-refractivity contribution < 1.29 is 14.4 Å². The lowest BCUT2D eigenvalue weighted by Crippen LogP contribution is -2.52. The van der Waals surface area contributed by atoms with Crippen LogP contribution in [0.3, 0.4) is 0 Å². The average molecular weight is 326 g/mol. The Bertz CT molecular complexity index is 435. The van der Waals surface area contributed by atoms with E-state index in [9.17, 15) is 14.4 Å². The van der Waals surface area contributed by atoms with Gasteiger partial charge in [0.1, 0.15) is 6.04 Å². The Morgan fingerprint density at radius 3 is 2.39 bits per heavy atom. The summed E-state index contributed by atoms with van der Waals surface area (Å²) in [5, 5.41) is 2.58. The van der Waals surface area contributed by atoms with E-state index in [0.717, 1.165) is 6.42 Å². The van der Waals surface area contributed by atoms with Crippen LogP contribution in [0, 0.1) is 5.92 Å². The smallest absolute Gasteiger partial charge is 0.245 e. The summed E-state index contributed by atoms with van der Waals surface area (Å²) in [5.74, 6) is -0.559. The molecule has 0 saturated carbocycles. The predicted molar refractivity (Wildman–Crippen MR) is 88.5 cm³/mol. The number of amides is 3. The minimum Gasteiger partial charge on any atom is -0.346 e. The van der Waals surface area contributed by atoms with Gasteiger partial charge in [0.15, 0.2) is 0 Å². The molecule has 1 rings (SSSR count). The molecular formula is C16H30N4O3. The van der Waals surface area contributed by atoms with Crippen LogP contribution in [-0.2, 0) is 14.4 Å². The number of likely N-dealkylation sites (N-methyl/N-ethyl adjacent to an activating group) is 1. The molecule has 7 heteroatoms. The zero-order chi connectivity index (χ0) is 17.6. The van der Waals surface area contributed by atoms with Crippen LogP contribution in [0.25, 0.3) is 0 Å². The normalized spacial score (nSPS) is 18.9. The summed E-state index contributed by atoms with van der Waals surface area (Å²) in [6.07, 6.45) is 1.49. The van der Waals surface area contributed by atoms with E-state index < -0.39 is 12.1 Å². The first-order valence-electron chi connectivity index (χ1n) is 8.44. The van der Waals surface area contributed by atoms with Crippen LogP contribution in [0.5, 0.6) is 0 Å². The molecule has 1 aliphatic heterocycles. The molecule has 0 bridgehead atoms. The third-order valence-corrected chi connectivity index (χ3v) is 4.37. The molecule has 3 N–H and O–H groups in total. The van der Waals surface area contributed by atoms with Gasteiger partial charge in [-0.3, -0.25) is 14.4 Å². The van der Waals surface area contributed by atoms with Gasteiger partial charge in [0.05, 0.1) is 12.6 Å². The molecule has 0 radical (unpaired) electrons. The van der Waals surface area contributed by atoms with Crippen LogP contribution in [0.15, 0.2) is 0 Å². The van der Waals surface area contributed by atoms with Gasteiger partial charge in [-0.05, 0) is 32.6 Å². The van der Waals surface area contributed by atoms with E-state index >= 15 is 0 Å². The fourth-order valence-electron chi connectivity index (χ4n) is 2.75. The fraction of sp³-hybridized carbons (Fsp3) is 0.812. The van der Waals surface area contributed by atoms with Crippen molar-refractivity contribution in [1.82, 2.24) is 15.1 Å². The zero-order valence-corrected chi connectivity index (χ0v) is 14.7. The van der Waals surface area contributed by atoms with E-state index in [1.807, 2.05) is 27.7 Å². The molecule has 0 aromatic rings. The lowest BCUT2D eigenvalue weighted by molar-refractivity contribution is -0.143. The van der Waals surface area contributed by atoms with E-state index in [2.05, 4.69) is 5.32 Å². The lowest BCUT2D eigenvalue weighted by atomic mass is 10.1. The van der Waals surface area contributed by atoms with E-state index in [1.54, 1.807) is 9.80 Å². The molecule has 1 fully saturated rings. The molecule has 1 aliphatic rings. The molecule has 0 aromatic heterocycles. The van der Waals surface area contributed by atoms with Gasteiger partial charge in [-0.15, -0.1) is 0 Å². The van der Waals surface area contributed by atoms with Crippen LogP contribution in [-0.4, -0.2) is 65.8 Å². The molecular weight excluding hydrogens is 296 g/mol. The van der Waals surface area contributed by atoms with Gasteiger partial charge >= 0.3 is 0 Å². The van der Waals surface area contributed by atoms with Crippen molar-refractivity contribution in [2.24, 2.45) is 11.7 Å². The highest BCUT2D eigenvalue weighted by molar-refractivity contribution is 5.91. The molecule has 1 unspecified atom stereocenters. The Kier molecular flexibility index (Phi) is 7.48. The Hall–Kier alpha value is -1.63. The quantitative estimate of drug-likeness (QED) is 0.685. The second-order valence-corrected chi connectivity index (χ2v) is 6.24. The predicted octanol–water partition coefficient (Wildman–Crippen LogP) is -0.0547. The molecule has 0 aromatic carbocycles. The standard InChI is InChI=1S/C16H30N4O3/c1-5-19(6-2)16(23)12-8-7-9-20(12)13(21)10-18-15(22)14(17)11(3)4/h11-12,14H,5-10,17H2,1-4H3,(H,18,22)/t12?,14-/m0/s1. The van der Waals surface area contributed by atoms with Gasteiger partial charge in [-0.1, -0.05) is 13.8 Å². The molecule has 1 heterocycles. The zero-order valence-electron chi connectivity index (χ0n) is 14.7.